The Morgan fingerprint density at radius 2 is 2.08 bits per heavy atom. The van der Waals surface area contributed by atoms with Crippen LogP contribution in [0.4, 0.5) is 15.0 Å². The Labute approximate surface area is 145 Å². The molecule has 2 aromatic rings. The number of carbonyl (C=O) groups is 1. The van der Waals surface area contributed by atoms with E-state index in [1.54, 1.807) is 22.9 Å². The van der Waals surface area contributed by atoms with Crippen molar-refractivity contribution in [2.75, 3.05) is 38.2 Å². The summed E-state index contributed by atoms with van der Waals surface area (Å²) in [4.78, 5) is 14.2. The third-order valence-electron chi connectivity index (χ3n) is 3.97. The van der Waals surface area contributed by atoms with Gasteiger partial charge in [-0.1, -0.05) is 12.1 Å². The summed E-state index contributed by atoms with van der Waals surface area (Å²) in [5.74, 6) is 0.164. The molecule has 1 saturated heterocycles. The number of nitrogens with zero attached hydrogens (tertiary/aromatic N) is 3. The van der Waals surface area contributed by atoms with Gasteiger partial charge < -0.3 is 10.1 Å². The van der Waals surface area contributed by atoms with E-state index in [9.17, 15) is 9.18 Å². The van der Waals surface area contributed by atoms with E-state index in [4.69, 9.17) is 4.74 Å². The number of aromatic nitrogens is 2. The molecule has 1 fully saturated rings. The van der Waals surface area contributed by atoms with Gasteiger partial charge in [0.15, 0.2) is 5.82 Å². The highest BCUT2D eigenvalue weighted by Crippen LogP contribution is 2.05. The smallest absolute Gasteiger partial charge is 0.320 e. The molecule has 7 nitrogen and oxygen atoms in total. The van der Waals surface area contributed by atoms with Gasteiger partial charge in [-0.25, -0.2) is 9.18 Å². The second-order valence-corrected chi connectivity index (χ2v) is 5.86. The van der Waals surface area contributed by atoms with E-state index >= 15 is 0 Å². The molecule has 2 N–H and O–H groups in total. The molecule has 25 heavy (non-hydrogen) atoms. The molecule has 0 atom stereocenters. The molecule has 3 rings (SSSR count). The predicted octanol–water partition coefficient (Wildman–Crippen LogP) is 1.68. The summed E-state index contributed by atoms with van der Waals surface area (Å²) in [7, 11) is 0. The normalized spacial score (nSPS) is 15.1. The largest absolute Gasteiger partial charge is 0.379 e. The van der Waals surface area contributed by atoms with Crippen molar-refractivity contribution in [2.45, 2.75) is 13.1 Å². The Kier molecular flexibility index (Phi) is 5.97. The van der Waals surface area contributed by atoms with E-state index < -0.39 is 0 Å². The molecule has 1 aromatic carbocycles. The number of anilines is 1. The zero-order valence-electron chi connectivity index (χ0n) is 13.9. The number of amides is 2. The number of ether oxygens (including phenoxy) is 1. The molecule has 2 amide bonds. The fourth-order valence-electron chi connectivity index (χ4n) is 2.61. The first kappa shape index (κ1) is 17.4. The molecule has 1 aromatic heterocycles. The molecule has 2 heterocycles. The third kappa shape index (κ3) is 5.54. The minimum Gasteiger partial charge on any atom is -0.379 e. The monoisotopic (exact) mass is 347 g/mol. The van der Waals surface area contributed by atoms with Crippen LogP contribution in [0.1, 0.15) is 5.56 Å². The van der Waals surface area contributed by atoms with Gasteiger partial charge in [-0.15, -0.1) is 0 Å². The van der Waals surface area contributed by atoms with Crippen molar-refractivity contribution in [3.63, 3.8) is 0 Å². The number of rotatable bonds is 6. The van der Waals surface area contributed by atoms with Gasteiger partial charge in [0.25, 0.3) is 0 Å². The highest BCUT2D eigenvalue weighted by atomic mass is 19.1. The minimum absolute atomic E-state index is 0.251. The number of halogens is 1. The van der Waals surface area contributed by atoms with E-state index in [0.29, 0.717) is 11.4 Å². The second-order valence-electron chi connectivity index (χ2n) is 5.86. The SMILES string of the molecule is O=C(NCc1cccc(F)c1)Nc1ccn(CCN2CCOCC2)n1. The first-order valence-electron chi connectivity index (χ1n) is 8.32. The van der Waals surface area contributed by atoms with Crippen LogP contribution < -0.4 is 10.6 Å². The fraction of sp³-hybridized carbons (Fsp3) is 0.412. The Bertz CT molecular complexity index is 700. The topological polar surface area (TPSA) is 71.4 Å². The van der Waals surface area contributed by atoms with Crippen molar-refractivity contribution in [1.82, 2.24) is 20.0 Å². The average molecular weight is 347 g/mol. The first-order valence-corrected chi connectivity index (χ1v) is 8.32. The van der Waals surface area contributed by atoms with Crippen LogP contribution in [-0.2, 0) is 17.8 Å². The van der Waals surface area contributed by atoms with Gasteiger partial charge in [0.1, 0.15) is 5.82 Å². The summed E-state index contributed by atoms with van der Waals surface area (Å²) in [6, 6.07) is 7.50. The van der Waals surface area contributed by atoms with Gasteiger partial charge in [0.05, 0.1) is 19.8 Å². The predicted molar refractivity (Wildman–Crippen MR) is 91.7 cm³/mol. The second kappa shape index (κ2) is 8.59. The number of nitrogens with one attached hydrogen (secondary N) is 2. The molecule has 0 spiro atoms. The van der Waals surface area contributed by atoms with Crippen molar-refractivity contribution in [2.24, 2.45) is 0 Å². The number of urea groups is 1. The number of carbonyl (C=O) groups excluding carboxylic acids is 1. The van der Waals surface area contributed by atoms with Crippen molar-refractivity contribution in [1.29, 1.82) is 0 Å². The average Bonchev–Trinajstić information content (AvgIpc) is 3.06. The zero-order chi connectivity index (χ0) is 17.5. The Morgan fingerprint density at radius 1 is 1.24 bits per heavy atom. The zero-order valence-corrected chi connectivity index (χ0v) is 13.9. The lowest BCUT2D eigenvalue weighted by Crippen LogP contribution is -2.38. The lowest BCUT2D eigenvalue weighted by Gasteiger charge is -2.26. The van der Waals surface area contributed by atoms with Gasteiger partial charge in [-0.05, 0) is 17.7 Å². The maximum Gasteiger partial charge on any atom is 0.320 e. The van der Waals surface area contributed by atoms with Gasteiger partial charge in [-0.3, -0.25) is 14.9 Å². The molecule has 0 radical (unpaired) electrons. The third-order valence-corrected chi connectivity index (χ3v) is 3.97. The van der Waals surface area contributed by atoms with Crippen molar-refractivity contribution >= 4 is 11.8 Å². The number of benzene rings is 1. The van der Waals surface area contributed by atoms with Gasteiger partial charge >= 0.3 is 6.03 Å². The Balaban J connectivity index is 1.41. The van der Waals surface area contributed by atoms with Crippen LogP contribution in [0.25, 0.3) is 0 Å². The van der Waals surface area contributed by atoms with Crippen LogP contribution in [-0.4, -0.2) is 53.6 Å². The maximum absolute atomic E-state index is 13.1. The summed E-state index contributed by atoms with van der Waals surface area (Å²) in [5, 5.41) is 9.69. The number of hydrogen-bond acceptors (Lipinski definition) is 4. The first-order chi connectivity index (χ1) is 12.2. The molecule has 0 unspecified atom stereocenters. The molecular formula is C17H22FN5O2. The molecule has 1 aliphatic rings. The summed E-state index contributed by atoms with van der Waals surface area (Å²) in [6.07, 6.45) is 1.84. The number of hydrogen-bond donors (Lipinski definition) is 2. The molecule has 0 aliphatic carbocycles. The van der Waals surface area contributed by atoms with E-state index in [1.807, 2.05) is 6.20 Å². The van der Waals surface area contributed by atoms with Crippen LogP contribution >= 0.6 is 0 Å². The van der Waals surface area contributed by atoms with Gasteiger partial charge in [0.2, 0.25) is 0 Å². The van der Waals surface area contributed by atoms with Crippen molar-refractivity contribution in [3.05, 3.63) is 47.9 Å². The molecule has 0 bridgehead atoms. The Morgan fingerprint density at radius 3 is 2.88 bits per heavy atom. The Hall–Kier alpha value is -2.45. The highest BCUT2D eigenvalue weighted by molar-refractivity contribution is 5.88. The van der Waals surface area contributed by atoms with Crippen LogP contribution in [0.2, 0.25) is 0 Å². The van der Waals surface area contributed by atoms with Crippen molar-refractivity contribution in [3.8, 4) is 0 Å². The molecule has 1 aliphatic heterocycles. The summed E-state index contributed by atoms with van der Waals surface area (Å²) >= 11 is 0. The van der Waals surface area contributed by atoms with Crippen LogP contribution in [0.15, 0.2) is 36.5 Å². The molecule has 0 saturated carbocycles. The van der Waals surface area contributed by atoms with E-state index in [0.717, 1.165) is 39.4 Å². The number of morpholine rings is 1. The molecule has 134 valence electrons. The summed E-state index contributed by atoms with van der Waals surface area (Å²) < 4.78 is 20.2. The lowest BCUT2D eigenvalue weighted by molar-refractivity contribution is 0.0360. The van der Waals surface area contributed by atoms with E-state index in [1.165, 1.54) is 12.1 Å². The summed E-state index contributed by atoms with van der Waals surface area (Å²) in [6.45, 7) is 5.34. The highest BCUT2D eigenvalue weighted by Gasteiger charge is 2.10. The quantitative estimate of drug-likeness (QED) is 0.834. The summed E-state index contributed by atoms with van der Waals surface area (Å²) in [5.41, 5.74) is 0.700. The molecular weight excluding hydrogens is 325 g/mol. The van der Waals surface area contributed by atoms with E-state index in [2.05, 4.69) is 20.6 Å². The standard InChI is InChI=1S/C17H22FN5O2/c18-15-3-1-2-14(12-15)13-19-17(24)20-16-4-5-23(21-16)7-6-22-8-10-25-11-9-22/h1-5,12H,6-11,13H2,(H2,19,20,21,24). The fourth-order valence-corrected chi connectivity index (χ4v) is 2.61. The van der Waals surface area contributed by atoms with Gasteiger partial charge in [-0.2, -0.15) is 5.10 Å². The van der Waals surface area contributed by atoms with Crippen LogP contribution in [0, 0.1) is 5.82 Å². The lowest BCUT2D eigenvalue weighted by atomic mass is 10.2. The van der Waals surface area contributed by atoms with Crippen LogP contribution in [0.3, 0.4) is 0 Å². The van der Waals surface area contributed by atoms with Crippen molar-refractivity contribution < 1.29 is 13.9 Å². The van der Waals surface area contributed by atoms with E-state index in [-0.39, 0.29) is 18.4 Å². The maximum atomic E-state index is 13.1. The van der Waals surface area contributed by atoms with Crippen LogP contribution in [0.5, 0.6) is 0 Å². The minimum atomic E-state index is -0.373. The molecule has 8 heteroatoms. The van der Waals surface area contributed by atoms with Gasteiger partial charge in [0, 0.05) is 38.4 Å².